The summed E-state index contributed by atoms with van der Waals surface area (Å²) in [5.41, 5.74) is 0.694. The van der Waals surface area contributed by atoms with Crippen molar-refractivity contribution in [3.63, 3.8) is 0 Å². The molecule has 1 fully saturated rings. The smallest absolute Gasteiger partial charge is 0.274 e. The predicted octanol–water partition coefficient (Wildman–Crippen LogP) is 1.88. The number of nitrogens with zero attached hydrogens (tertiary/aromatic N) is 2. The van der Waals surface area contributed by atoms with Crippen LogP contribution in [0.5, 0.6) is 0 Å². The summed E-state index contributed by atoms with van der Waals surface area (Å²) in [4.78, 5) is 12.5. The van der Waals surface area contributed by atoms with Crippen molar-refractivity contribution in [2.24, 2.45) is 0 Å². The zero-order chi connectivity index (χ0) is 14.8. The maximum atomic E-state index is 11.0. The van der Waals surface area contributed by atoms with Gasteiger partial charge in [0.25, 0.3) is 5.69 Å². The van der Waals surface area contributed by atoms with Gasteiger partial charge in [-0.15, -0.1) is 0 Å². The second-order valence-electron chi connectivity index (χ2n) is 5.42. The highest BCUT2D eigenvalue weighted by atomic mass is 16.6. The minimum atomic E-state index is -0.785. The molecule has 0 radical (unpaired) electrons. The molecular formula is C14H20N2O4. The molecule has 0 amide bonds. The molecule has 1 aromatic rings. The van der Waals surface area contributed by atoms with Crippen LogP contribution in [0.1, 0.15) is 18.4 Å². The van der Waals surface area contributed by atoms with Crippen molar-refractivity contribution in [2.75, 3.05) is 31.7 Å². The van der Waals surface area contributed by atoms with Crippen molar-refractivity contribution >= 4 is 11.4 Å². The molecule has 6 nitrogen and oxygen atoms in total. The fraction of sp³-hybridized carbons (Fsp3) is 0.571. The van der Waals surface area contributed by atoms with Crippen LogP contribution >= 0.6 is 0 Å². The van der Waals surface area contributed by atoms with Crippen LogP contribution in [0.3, 0.4) is 0 Å². The van der Waals surface area contributed by atoms with E-state index in [1.807, 2.05) is 18.0 Å². The van der Waals surface area contributed by atoms with Crippen molar-refractivity contribution < 1.29 is 14.8 Å². The number of likely N-dealkylation sites (N-methyl/N-ethyl adjacent to an activating group) is 1. The van der Waals surface area contributed by atoms with E-state index in [9.17, 15) is 15.2 Å². The number of nitro benzene ring substituents is 1. The second kappa shape index (κ2) is 5.76. The minimum Gasteiger partial charge on any atom is -0.388 e. The fourth-order valence-corrected chi connectivity index (χ4v) is 2.47. The van der Waals surface area contributed by atoms with Gasteiger partial charge in [0, 0.05) is 57.0 Å². The molecule has 1 saturated heterocycles. The van der Waals surface area contributed by atoms with Gasteiger partial charge in [0.05, 0.1) is 10.5 Å². The standard InChI is InChI=1S/C14H20N2O4/c1-11-3-4-12(9-13(11)16(18)19)15(2)10-14(17)5-7-20-8-6-14/h3-4,9,17H,5-8,10H2,1-2H3. The fourth-order valence-electron chi connectivity index (χ4n) is 2.47. The zero-order valence-electron chi connectivity index (χ0n) is 11.8. The molecule has 1 aliphatic rings. The van der Waals surface area contributed by atoms with Gasteiger partial charge in [0.1, 0.15) is 0 Å². The van der Waals surface area contributed by atoms with E-state index < -0.39 is 5.60 Å². The molecule has 110 valence electrons. The Kier molecular flexibility index (Phi) is 4.25. The third kappa shape index (κ3) is 3.26. The first-order valence-corrected chi connectivity index (χ1v) is 6.68. The summed E-state index contributed by atoms with van der Waals surface area (Å²) < 4.78 is 5.25. The van der Waals surface area contributed by atoms with Crippen molar-refractivity contribution in [3.05, 3.63) is 33.9 Å². The largest absolute Gasteiger partial charge is 0.388 e. The summed E-state index contributed by atoms with van der Waals surface area (Å²) in [5, 5.41) is 21.5. The Morgan fingerprint density at radius 1 is 1.45 bits per heavy atom. The van der Waals surface area contributed by atoms with Crippen LogP contribution in [0.2, 0.25) is 0 Å². The summed E-state index contributed by atoms with van der Waals surface area (Å²) in [6.07, 6.45) is 1.18. The summed E-state index contributed by atoms with van der Waals surface area (Å²) in [7, 11) is 1.84. The first-order valence-electron chi connectivity index (χ1n) is 6.68. The summed E-state index contributed by atoms with van der Waals surface area (Å²) in [6, 6.07) is 5.13. The van der Waals surface area contributed by atoms with Gasteiger partial charge in [0.2, 0.25) is 0 Å². The van der Waals surface area contributed by atoms with Crippen LogP contribution in [0.15, 0.2) is 18.2 Å². The van der Waals surface area contributed by atoms with Crippen molar-refractivity contribution in [1.82, 2.24) is 0 Å². The first kappa shape index (κ1) is 14.7. The van der Waals surface area contributed by atoms with Crippen molar-refractivity contribution in [1.29, 1.82) is 0 Å². The van der Waals surface area contributed by atoms with Gasteiger partial charge in [-0.05, 0) is 13.0 Å². The van der Waals surface area contributed by atoms with Crippen LogP contribution < -0.4 is 4.90 Å². The lowest BCUT2D eigenvalue weighted by Crippen LogP contribution is -2.45. The van der Waals surface area contributed by atoms with Crippen LogP contribution in [0, 0.1) is 17.0 Å². The Labute approximate surface area is 118 Å². The number of aliphatic hydroxyl groups is 1. The molecule has 0 aromatic heterocycles. The number of hydrogen-bond acceptors (Lipinski definition) is 5. The molecule has 2 rings (SSSR count). The zero-order valence-corrected chi connectivity index (χ0v) is 11.8. The third-order valence-corrected chi connectivity index (χ3v) is 3.79. The van der Waals surface area contributed by atoms with Gasteiger partial charge >= 0.3 is 0 Å². The normalized spacial score (nSPS) is 17.8. The lowest BCUT2D eigenvalue weighted by molar-refractivity contribution is -0.385. The van der Waals surface area contributed by atoms with Crippen LogP contribution in [-0.4, -0.2) is 42.4 Å². The summed E-state index contributed by atoms with van der Waals surface area (Å²) >= 11 is 0. The molecule has 1 N–H and O–H groups in total. The van der Waals surface area contributed by atoms with E-state index in [2.05, 4.69) is 0 Å². The van der Waals surface area contributed by atoms with Crippen molar-refractivity contribution in [2.45, 2.75) is 25.4 Å². The van der Waals surface area contributed by atoms with E-state index in [0.717, 1.165) is 5.69 Å². The van der Waals surface area contributed by atoms with Gasteiger partial charge in [-0.25, -0.2) is 0 Å². The Bertz CT molecular complexity index is 498. The second-order valence-corrected chi connectivity index (χ2v) is 5.42. The van der Waals surface area contributed by atoms with Crippen molar-refractivity contribution in [3.8, 4) is 0 Å². The van der Waals surface area contributed by atoms with E-state index in [-0.39, 0.29) is 10.6 Å². The third-order valence-electron chi connectivity index (χ3n) is 3.79. The predicted molar refractivity (Wildman–Crippen MR) is 76.1 cm³/mol. The number of anilines is 1. The number of ether oxygens (including phenoxy) is 1. The highest BCUT2D eigenvalue weighted by molar-refractivity contribution is 5.56. The van der Waals surface area contributed by atoms with E-state index in [0.29, 0.717) is 38.2 Å². The number of nitro groups is 1. The van der Waals surface area contributed by atoms with E-state index in [1.165, 1.54) is 0 Å². The molecule has 1 heterocycles. The first-order chi connectivity index (χ1) is 9.41. The summed E-state index contributed by atoms with van der Waals surface area (Å²) in [6.45, 7) is 3.27. The van der Waals surface area contributed by atoms with Gasteiger partial charge in [-0.3, -0.25) is 10.1 Å². The molecule has 0 bridgehead atoms. The van der Waals surface area contributed by atoms with Crippen LogP contribution in [0.25, 0.3) is 0 Å². The van der Waals surface area contributed by atoms with Gasteiger partial charge < -0.3 is 14.7 Å². The maximum Gasteiger partial charge on any atom is 0.274 e. The number of rotatable bonds is 4. The number of benzene rings is 1. The van der Waals surface area contributed by atoms with Gasteiger partial charge in [-0.2, -0.15) is 0 Å². The van der Waals surface area contributed by atoms with Crippen LogP contribution in [-0.2, 0) is 4.74 Å². The Hall–Kier alpha value is -1.66. The Morgan fingerprint density at radius 3 is 2.70 bits per heavy atom. The quantitative estimate of drug-likeness (QED) is 0.673. The minimum absolute atomic E-state index is 0.105. The van der Waals surface area contributed by atoms with Crippen LogP contribution in [0.4, 0.5) is 11.4 Å². The van der Waals surface area contributed by atoms with Gasteiger partial charge in [0.15, 0.2) is 0 Å². The van der Waals surface area contributed by atoms with Gasteiger partial charge in [-0.1, -0.05) is 6.07 Å². The molecule has 20 heavy (non-hydrogen) atoms. The van der Waals surface area contributed by atoms with E-state index in [4.69, 9.17) is 4.74 Å². The average molecular weight is 280 g/mol. The van der Waals surface area contributed by atoms with E-state index in [1.54, 1.807) is 19.1 Å². The Morgan fingerprint density at radius 2 is 2.10 bits per heavy atom. The Balaban J connectivity index is 2.14. The monoisotopic (exact) mass is 280 g/mol. The molecule has 0 unspecified atom stereocenters. The molecule has 0 spiro atoms. The summed E-state index contributed by atoms with van der Waals surface area (Å²) in [5.74, 6) is 0. The molecule has 0 aliphatic carbocycles. The molecule has 0 atom stereocenters. The SMILES string of the molecule is Cc1ccc(N(C)CC2(O)CCOCC2)cc1[N+](=O)[O-]. The molecule has 1 aromatic carbocycles. The topological polar surface area (TPSA) is 75.8 Å². The maximum absolute atomic E-state index is 11.0. The highest BCUT2D eigenvalue weighted by Crippen LogP contribution is 2.27. The molecule has 0 saturated carbocycles. The number of aryl methyl sites for hydroxylation is 1. The average Bonchev–Trinajstić information content (AvgIpc) is 2.39. The molecule has 1 aliphatic heterocycles. The lowest BCUT2D eigenvalue weighted by Gasteiger charge is -2.36. The molecular weight excluding hydrogens is 260 g/mol. The molecule has 6 heteroatoms. The van der Waals surface area contributed by atoms with E-state index >= 15 is 0 Å². The highest BCUT2D eigenvalue weighted by Gasteiger charge is 2.31. The number of hydrogen-bond donors (Lipinski definition) is 1. The lowest BCUT2D eigenvalue weighted by atomic mass is 9.93.